The van der Waals surface area contributed by atoms with Crippen molar-refractivity contribution < 1.29 is 0 Å². The van der Waals surface area contributed by atoms with Gasteiger partial charge in [-0.2, -0.15) is 5.10 Å². The smallest absolute Gasteiger partial charge is 0.165 e. The molecule has 1 fully saturated rings. The average molecular weight is 362 g/mol. The van der Waals surface area contributed by atoms with Crippen molar-refractivity contribution in [1.82, 2.24) is 19.5 Å². The van der Waals surface area contributed by atoms with Crippen LogP contribution in [-0.2, 0) is 0 Å². The number of hydrogen-bond donors (Lipinski definition) is 2. The molecule has 0 radical (unpaired) electrons. The van der Waals surface area contributed by atoms with E-state index in [-0.39, 0.29) is 0 Å². The molecule has 0 saturated carbocycles. The normalized spacial score (nSPS) is 20.1. The predicted molar refractivity (Wildman–Crippen MR) is 109 cm³/mol. The molecule has 4 heterocycles. The minimum absolute atomic E-state index is 0.598. The first-order chi connectivity index (χ1) is 13.2. The van der Waals surface area contributed by atoms with Crippen LogP contribution in [0.25, 0.3) is 16.8 Å². The van der Waals surface area contributed by atoms with Crippen molar-refractivity contribution in [2.45, 2.75) is 32.7 Å². The van der Waals surface area contributed by atoms with Gasteiger partial charge in [0, 0.05) is 43.1 Å². The van der Waals surface area contributed by atoms with Crippen LogP contribution in [0.1, 0.15) is 24.0 Å². The third-order valence-electron chi connectivity index (χ3n) is 5.96. The van der Waals surface area contributed by atoms with Crippen molar-refractivity contribution in [2.24, 2.45) is 0 Å². The average Bonchev–Trinajstić information content (AvgIpc) is 3.27. The van der Waals surface area contributed by atoms with Gasteiger partial charge in [0.25, 0.3) is 0 Å². The molecule has 27 heavy (non-hydrogen) atoms. The molecule has 0 amide bonds. The van der Waals surface area contributed by atoms with Crippen LogP contribution < -0.4 is 10.6 Å². The fourth-order valence-corrected chi connectivity index (χ4v) is 4.47. The Morgan fingerprint density at radius 2 is 2.00 bits per heavy atom. The largest absolute Gasteiger partial charge is 0.383 e. The lowest BCUT2D eigenvalue weighted by atomic mass is 9.99. The molecule has 140 valence electrons. The monoisotopic (exact) mass is 362 g/mol. The van der Waals surface area contributed by atoms with Crippen LogP contribution >= 0.6 is 0 Å². The summed E-state index contributed by atoms with van der Waals surface area (Å²) in [5, 5.41) is 11.7. The summed E-state index contributed by atoms with van der Waals surface area (Å²) in [5.41, 5.74) is 6.94. The zero-order chi connectivity index (χ0) is 18.4. The van der Waals surface area contributed by atoms with E-state index in [0.717, 1.165) is 36.7 Å². The van der Waals surface area contributed by atoms with E-state index in [4.69, 9.17) is 4.98 Å². The van der Waals surface area contributed by atoms with Crippen LogP contribution in [-0.4, -0.2) is 51.7 Å². The lowest BCUT2D eigenvalue weighted by Crippen LogP contribution is -2.38. The molecule has 0 unspecified atom stereocenters. The summed E-state index contributed by atoms with van der Waals surface area (Å²) >= 11 is 0. The van der Waals surface area contributed by atoms with E-state index >= 15 is 0 Å². The Labute approximate surface area is 159 Å². The number of aryl methyl sites for hydroxylation is 2. The number of benzene rings is 1. The lowest BCUT2D eigenvalue weighted by Gasteiger charge is -2.26. The molecule has 2 aliphatic heterocycles. The quantitative estimate of drug-likeness (QED) is 0.642. The first-order valence-electron chi connectivity index (χ1n) is 9.87. The Balaban J connectivity index is 1.64. The minimum atomic E-state index is 0.598. The molecule has 1 aromatic carbocycles. The van der Waals surface area contributed by atoms with Crippen molar-refractivity contribution in [1.29, 1.82) is 0 Å². The zero-order valence-electron chi connectivity index (χ0n) is 16.0. The maximum atomic E-state index is 4.86. The number of anilines is 2. The van der Waals surface area contributed by atoms with Gasteiger partial charge in [0.1, 0.15) is 5.82 Å². The zero-order valence-corrected chi connectivity index (χ0v) is 16.0. The fraction of sp³-hybridized carbons (Fsp3) is 0.429. The molecule has 6 heteroatoms. The first-order valence-corrected chi connectivity index (χ1v) is 9.87. The molecule has 2 N–H and O–H groups in total. The van der Waals surface area contributed by atoms with Gasteiger partial charge < -0.3 is 10.6 Å². The van der Waals surface area contributed by atoms with Gasteiger partial charge >= 0.3 is 0 Å². The topological polar surface area (TPSA) is 57.5 Å². The summed E-state index contributed by atoms with van der Waals surface area (Å²) in [6.45, 7) is 8.49. The van der Waals surface area contributed by atoms with Gasteiger partial charge in [0.05, 0.1) is 6.20 Å². The van der Waals surface area contributed by atoms with E-state index in [1.165, 1.54) is 41.8 Å². The van der Waals surface area contributed by atoms with E-state index in [9.17, 15) is 0 Å². The molecule has 1 atom stereocenters. The van der Waals surface area contributed by atoms with Crippen LogP contribution in [0, 0.1) is 13.8 Å². The predicted octanol–water partition coefficient (Wildman–Crippen LogP) is 3.31. The number of aromatic nitrogens is 3. The molecule has 2 aliphatic rings. The Morgan fingerprint density at radius 3 is 2.93 bits per heavy atom. The van der Waals surface area contributed by atoms with E-state index < -0.39 is 0 Å². The minimum Gasteiger partial charge on any atom is -0.383 e. The van der Waals surface area contributed by atoms with E-state index in [2.05, 4.69) is 46.6 Å². The third kappa shape index (κ3) is 2.94. The maximum absolute atomic E-state index is 4.86. The number of fused-ring (bicyclic) bond motifs is 5. The van der Waals surface area contributed by atoms with E-state index in [1.54, 1.807) is 0 Å². The first kappa shape index (κ1) is 16.6. The Morgan fingerprint density at radius 1 is 1.07 bits per heavy atom. The maximum Gasteiger partial charge on any atom is 0.165 e. The van der Waals surface area contributed by atoms with Crippen molar-refractivity contribution in [3.05, 3.63) is 41.7 Å². The highest BCUT2D eigenvalue weighted by molar-refractivity contribution is 5.82. The second-order valence-electron chi connectivity index (χ2n) is 7.76. The highest BCUT2D eigenvalue weighted by Crippen LogP contribution is 2.32. The van der Waals surface area contributed by atoms with Crippen molar-refractivity contribution in [3.8, 4) is 11.1 Å². The van der Waals surface area contributed by atoms with E-state index in [1.807, 2.05) is 23.0 Å². The van der Waals surface area contributed by atoms with Gasteiger partial charge in [-0.1, -0.05) is 6.07 Å². The molecule has 5 rings (SSSR count). The summed E-state index contributed by atoms with van der Waals surface area (Å²) < 4.78 is 1.86. The molecule has 0 aliphatic carbocycles. The summed E-state index contributed by atoms with van der Waals surface area (Å²) in [7, 11) is 0. The molecule has 4 bridgehead atoms. The van der Waals surface area contributed by atoms with Crippen LogP contribution in [0.4, 0.5) is 11.5 Å². The van der Waals surface area contributed by atoms with E-state index in [0.29, 0.717) is 6.04 Å². The summed E-state index contributed by atoms with van der Waals surface area (Å²) in [6, 6.07) is 7.14. The molecule has 0 spiro atoms. The van der Waals surface area contributed by atoms with Gasteiger partial charge in [-0.3, -0.25) is 4.90 Å². The second kappa shape index (κ2) is 6.53. The molecule has 1 saturated heterocycles. The highest BCUT2D eigenvalue weighted by atomic mass is 15.3. The number of nitrogens with one attached hydrogen (secondary N) is 2. The van der Waals surface area contributed by atoms with Crippen LogP contribution in [0.5, 0.6) is 0 Å². The Bertz CT molecular complexity index is 992. The van der Waals surface area contributed by atoms with Gasteiger partial charge in [-0.05, 0) is 62.1 Å². The molecular weight excluding hydrogens is 336 g/mol. The van der Waals surface area contributed by atoms with Crippen molar-refractivity contribution >= 4 is 17.2 Å². The fourth-order valence-electron chi connectivity index (χ4n) is 4.47. The summed E-state index contributed by atoms with van der Waals surface area (Å²) in [4.78, 5) is 7.45. The molecule has 6 nitrogen and oxygen atoms in total. The Kier molecular flexibility index (Phi) is 4.01. The standard InChI is InChI=1S/C21H26N6/c1-14-10-15(2)19-11-17(14)18-13-24-27-8-5-20(25-21(18)27)22-6-9-26-7-3-4-16(26)12-23-19/h5,8,10-11,13,16,23H,3-4,6-7,9,12H2,1-2H3,(H,22,25)/t16-/m0/s1. The second-order valence-corrected chi connectivity index (χ2v) is 7.76. The van der Waals surface area contributed by atoms with Crippen LogP contribution in [0.2, 0.25) is 0 Å². The lowest BCUT2D eigenvalue weighted by molar-refractivity contribution is 0.272. The van der Waals surface area contributed by atoms with Crippen molar-refractivity contribution in [2.75, 3.05) is 36.8 Å². The van der Waals surface area contributed by atoms with Gasteiger partial charge in [0.15, 0.2) is 5.65 Å². The van der Waals surface area contributed by atoms with Gasteiger partial charge in [-0.25, -0.2) is 9.50 Å². The SMILES string of the molecule is Cc1cc(C)c2cc1NC[C@@H]1CCCN1CCNc1ccn3ncc-2c3n1. The Hall–Kier alpha value is -2.60. The number of hydrogen-bond acceptors (Lipinski definition) is 5. The van der Waals surface area contributed by atoms with Gasteiger partial charge in [-0.15, -0.1) is 0 Å². The highest BCUT2D eigenvalue weighted by Gasteiger charge is 2.24. The van der Waals surface area contributed by atoms with Crippen molar-refractivity contribution in [3.63, 3.8) is 0 Å². The van der Waals surface area contributed by atoms with Crippen LogP contribution in [0.3, 0.4) is 0 Å². The van der Waals surface area contributed by atoms with Gasteiger partial charge in [0.2, 0.25) is 0 Å². The third-order valence-corrected chi connectivity index (χ3v) is 5.96. The number of nitrogens with zero attached hydrogens (tertiary/aromatic N) is 4. The number of rotatable bonds is 0. The summed E-state index contributed by atoms with van der Waals surface area (Å²) in [5.74, 6) is 0.917. The molecule has 3 aromatic rings. The molecule has 2 aromatic heterocycles. The van der Waals surface area contributed by atoms with Crippen LogP contribution in [0.15, 0.2) is 30.6 Å². The summed E-state index contributed by atoms with van der Waals surface area (Å²) in [6.07, 6.45) is 6.47. The molecular formula is C21H26N6.